The molecule has 0 aliphatic rings. The van der Waals surface area contributed by atoms with E-state index in [1.165, 1.54) is 18.0 Å². The Morgan fingerprint density at radius 2 is 1.54 bits per heavy atom. The average Bonchev–Trinajstić information content (AvgIpc) is 2.67. The summed E-state index contributed by atoms with van der Waals surface area (Å²) in [6.45, 7) is 0. The van der Waals surface area contributed by atoms with E-state index in [9.17, 15) is 10.1 Å². The third-order valence-corrected chi connectivity index (χ3v) is 5.91. The number of rotatable bonds is 7. The molecule has 0 saturated carbocycles. The van der Waals surface area contributed by atoms with Crippen LogP contribution in [0.2, 0.25) is 5.02 Å². The van der Waals surface area contributed by atoms with E-state index in [1.807, 2.05) is 65.0 Å². The van der Waals surface area contributed by atoms with Crippen molar-refractivity contribution in [2.24, 2.45) is 0 Å². The van der Waals surface area contributed by atoms with Crippen LogP contribution >= 0.6 is 35.3 Å². The SMILES string of the molecule is O=[N+]([O-])c1ccccc1N(CSc1ccc(Cl)cc1)Sc1ccccc1. The molecule has 0 heterocycles. The lowest BCUT2D eigenvalue weighted by atomic mass is 10.3. The first-order chi connectivity index (χ1) is 12.6. The molecule has 0 aliphatic heterocycles. The van der Waals surface area contributed by atoms with Crippen LogP contribution in [0.3, 0.4) is 0 Å². The Bertz CT molecular complexity index is 876. The number of nitrogens with zero attached hydrogens (tertiary/aromatic N) is 2. The number of para-hydroxylation sites is 2. The van der Waals surface area contributed by atoms with Gasteiger partial charge in [-0.25, -0.2) is 0 Å². The van der Waals surface area contributed by atoms with Gasteiger partial charge in [0.2, 0.25) is 0 Å². The summed E-state index contributed by atoms with van der Waals surface area (Å²) in [5.74, 6) is 0.548. The van der Waals surface area contributed by atoms with E-state index in [-0.39, 0.29) is 10.6 Å². The molecule has 0 amide bonds. The number of anilines is 1. The fourth-order valence-electron chi connectivity index (χ4n) is 2.25. The molecule has 0 unspecified atom stereocenters. The maximum absolute atomic E-state index is 11.4. The first-order valence-corrected chi connectivity index (χ1v) is 9.89. The molecule has 0 bridgehead atoms. The van der Waals surface area contributed by atoms with E-state index in [2.05, 4.69) is 0 Å². The highest BCUT2D eigenvalue weighted by molar-refractivity contribution is 8.04. The molecule has 0 spiro atoms. The van der Waals surface area contributed by atoms with Gasteiger partial charge in [0.1, 0.15) is 5.69 Å². The summed E-state index contributed by atoms with van der Waals surface area (Å²) >= 11 is 9.01. The van der Waals surface area contributed by atoms with Crippen LogP contribution in [-0.2, 0) is 0 Å². The molecule has 0 N–H and O–H groups in total. The van der Waals surface area contributed by atoms with Crippen LogP contribution in [0.5, 0.6) is 0 Å². The number of nitro groups is 1. The quantitative estimate of drug-likeness (QED) is 0.148. The highest BCUT2D eigenvalue weighted by Gasteiger charge is 2.20. The highest BCUT2D eigenvalue weighted by atomic mass is 35.5. The second kappa shape index (κ2) is 8.98. The van der Waals surface area contributed by atoms with Crippen molar-refractivity contribution in [3.8, 4) is 0 Å². The van der Waals surface area contributed by atoms with Crippen molar-refractivity contribution in [3.63, 3.8) is 0 Å². The summed E-state index contributed by atoms with van der Waals surface area (Å²) in [5.41, 5.74) is 0.667. The van der Waals surface area contributed by atoms with Gasteiger partial charge in [-0.2, -0.15) is 0 Å². The molecule has 132 valence electrons. The molecule has 3 aromatic rings. The van der Waals surface area contributed by atoms with Gasteiger partial charge in [-0.05, 0) is 54.4 Å². The minimum absolute atomic E-state index is 0.0904. The molecule has 0 saturated heterocycles. The van der Waals surface area contributed by atoms with Crippen molar-refractivity contribution in [3.05, 3.63) is 94.0 Å². The van der Waals surface area contributed by atoms with Gasteiger partial charge in [0.05, 0.1) is 10.8 Å². The van der Waals surface area contributed by atoms with Crippen LogP contribution in [0, 0.1) is 10.1 Å². The standard InChI is InChI=1S/C19H15ClN2O2S2/c20-15-10-12-16(13-11-15)25-14-21(26-17-6-2-1-3-7-17)18-8-4-5-9-19(18)22(23)24/h1-13H,14H2. The molecule has 0 aliphatic carbocycles. The number of nitro benzene ring substituents is 1. The van der Waals surface area contributed by atoms with Crippen molar-refractivity contribution in [2.45, 2.75) is 9.79 Å². The molecule has 7 heteroatoms. The van der Waals surface area contributed by atoms with Crippen LogP contribution in [-0.4, -0.2) is 10.8 Å². The number of hydrogen-bond acceptors (Lipinski definition) is 5. The topological polar surface area (TPSA) is 46.4 Å². The normalized spacial score (nSPS) is 10.5. The predicted molar refractivity (Wildman–Crippen MR) is 110 cm³/mol. The molecule has 3 aromatic carbocycles. The van der Waals surface area contributed by atoms with Crippen LogP contribution in [0.1, 0.15) is 0 Å². The van der Waals surface area contributed by atoms with E-state index in [4.69, 9.17) is 11.6 Å². The Morgan fingerprint density at radius 3 is 2.23 bits per heavy atom. The first-order valence-electron chi connectivity index (χ1n) is 7.76. The van der Waals surface area contributed by atoms with Crippen LogP contribution < -0.4 is 4.31 Å². The fourth-order valence-corrected chi connectivity index (χ4v) is 4.26. The van der Waals surface area contributed by atoms with Gasteiger partial charge in [-0.1, -0.05) is 41.9 Å². The smallest absolute Gasteiger partial charge is 0.293 e. The van der Waals surface area contributed by atoms with E-state index in [0.29, 0.717) is 16.6 Å². The summed E-state index contributed by atoms with van der Waals surface area (Å²) in [6.07, 6.45) is 0. The molecule has 0 radical (unpaired) electrons. The minimum atomic E-state index is -0.346. The molecule has 0 fully saturated rings. The molecule has 3 rings (SSSR count). The van der Waals surface area contributed by atoms with Gasteiger partial charge in [-0.15, -0.1) is 11.8 Å². The second-order valence-electron chi connectivity index (χ2n) is 5.26. The van der Waals surface area contributed by atoms with Gasteiger partial charge in [-0.3, -0.25) is 14.4 Å². The molecule has 0 aromatic heterocycles. The van der Waals surface area contributed by atoms with E-state index >= 15 is 0 Å². The fraction of sp³-hybridized carbons (Fsp3) is 0.0526. The van der Waals surface area contributed by atoms with Crippen molar-refractivity contribution in [1.82, 2.24) is 0 Å². The zero-order valence-electron chi connectivity index (χ0n) is 13.6. The Morgan fingerprint density at radius 1 is 0.885 bits per heavy atom. The molecule has 4 nitrogen and oxygen atoms in total. The maximum Gasteiger partial charge on any atom is 0.293 e. The lowest BCUT2D eigenvalue weighted by molar-refractivity contribution is -0.384. The molecular weight excluding hydrogens is 388 g/mol. The lowest BCUT2D eigenvalue weighted by Gasteiger charge is -2.22. The minimum Gasteiger partial charge on any atom is -0.296 e. The summed E-state index contributed by atoms with van der Waals surface area (Å²) in [5, 5.41) is 12.1. The van der Waals surface area contributed by atoms with Crippen molar-refractivity contribution >= 4 is 46.7 Å². The lowest BCUT2D eigenvalue weighted by Crippen LogP contribution is -2.14. The number of hydrogen-bond donors (Lipinski definition) is 0. The Kier molecular flexibility index (Phi) is 6.44. The third kappa shape index (κ3) is 4.94. The summed E-state index contributed by atoms with van der Waals surface area (Å²) < 4.78 is 1.94. The Hall–Kier alpha value is -2.15. The Labute approximate surface area is 165 Å². The van der Waals surface area contributed by atoms with Crippen molar-refractivity contribution in [2.75, 3.05) is 10.2 Å². The maximum atomic E-state index is 11.4. The molecular formula is C19H15ClN2O2S2. The second-order valence-corrected chi connectivity index (χ2v) is 7.81. The van der Waals surface area contributed by atoms with Crippen LogP contribution in [0.25, 0.3) is 0 Å². The summed E-state index contributed by atoms with van der Waals surface area (Å²) in [7, 11) is 0. The van der Waals surface area contributed by atoms with Gasteiger partial charge >= 0.3 is 0 Å². The van der Waals surface area contributed by atoms with Gasteiger partial charge in [0.15, 0.2) is 0 Å². The predicted octanol–water partition coefficient (Wildman–Crippen LogP) is 6.51. The zero-order valence-corrected chi connectivity index (χ0v) is 16.0. The molecule has 0 atom stereocenters. The number of thioether (sulfide) groups is 1. The number of benzene rings is 3. The Balaban J connectivity index is 1.86. The van der Waals surface area contributed by atoms with Gasteiger partial charge in [0, 0.05) is 20.9 Å². The van der Waals surface area contributed by atoms with E-state index in [0.717, 1.165) is 9.79 Å². The van der Waals surface area contributed by atoms with Crippen molar-refractivity contribution < 1.29 is 4.92 Å². The van der Waals surface area contributed by atoms with Gasteiger partial charge < -0.3 is 0 Å². The number of halogens is 1. The first kappa shape index (κ1) is 18.6. The van der Waals surface area contributed by atoms with Crippen LogP contribution in [0.4, 0.5) is 11.4 Å². The van der Waals surface area contributed by atoms with Gasteiger partial charge in [0.25, 0.3) is 5.69 Å². The summed E-state index contributed by atoms with van der Waals surface area (Å²) in [6, 6.07) is 24.2. The average molecular weight is 403 g/mol. The highest BCUT2D eigenvalue weighted by Crippen LogP contribution is 2.37. The molecule has 26 heavy (non-hydrogen) atoms. The third-order valence-electron chi connectivity index (χ3n) is 3.47. The summed E-state index contributed by atoms with van der Waals surface area (Å²) in [4.78, 5) is 13.2. The van der Waals surface area contributed by atoms with E-state index in [1.54, 1.807) is 23.9 Å². The zero-order chi connectivity index (χ0) is 18.4. The monoisotopic (exact) mass is 402 g/mol. The largest absolute Gasteiger partial charge is 0.296 e. The van der Waals surface area contributed by atoms with E-state index < -0.39 is 0 Å². The van der Waals surface area contributed by atoms with Crippen molar-refractivity contribution in [1.29, 1.82) is 0 Å². The van der Waals surface area contributed by atoms with Crippen LogP contribution in [0.15, 0.2) is 88.7 Å².